The molecule has 3 aromatic heterocycles. The van der Waals surface area contributed by atoms with E-state index in [9.17, 15) is 18.4 Å². The van der Waals surface area contributed by atoms with Crippen LogP contribution in [0, 0.1) is 31.1 Å². The first-order valence-electron chi connectivity index (χ1n) is 13.6. The number of allylic oxidation sites excluding steroid dienone is 1. The highest BCUT2D eigenvalue weighted by Crippen LogP contribution is 2.35. The lowest BCUT2D eigenvalue weighted by molar-refractivity contribution is -0.126. The monoisotopic (exact) mass is 574 g/mol. The lowest BCUT2D eigenvalue weighted by Gasteiger charge is -2.21. The van der Waals surface area contributed by atoms with Crippen molar-refractivity contribution in [2.75, 3.05) is 18.4 Å². The molecule has 2 atom stereocenters. The molecular formula is C31H29F3N6S. The third kappa shape index (κ3) is 5.97. The number of alkyl halides is 3. The minimum atomic E-state index is -4.28. The van der Waals surface area contributed by atoms with E-state index in [0.717, 1.165) is 59.8 Å². The van der Waals surface area contributed by atoms with Gasteiger partial charge in [-0.1, -0.05) is 18.2 Å². The van der Waals surface area contributed by atoms with E-state index < -0.39 is 12.6 Å². The van der Waals surface area contributed by atoms with Crippen molar-refractivity contribution in [2.45, 2.75) is 51.9 Å². The van der Waals surface area contributed by atoms with E-state index in [0.29, 0.717) is 22.5 Å². The Kier molecular flexibility index (Phi) is 7.26. The summed E-state index contributed by atoms with van der Waals surface area (Å²) in [6.07, 6.45) is 1.60. The van der Waals surface area contributed by atoms with Gasteiger partial charge in [0.05, 0.1) is 17.9 Å². The summed E-state index contributed by atoms with van der Waals surface area (Å²) in [5.41, 5.74) is 7.69. The zero-order chi connectivity index (χ0) is 28.7. The molecule has 1 saturated heterocycles. The molecular weight excluding hydrogens is 545 g/mol. The fraction of sp³-hybridized carbons (Fsp3) is 0.355. The van der Waals surface area contributed by atoms with Gasteiger partial charge in [0.15, 0.2) is 0 Å². The molecule has 6 nitrogen and oxygen atoms in total. The van der Waals surface area contributed by atoms with E-state index in [-0.39, 0.29) is 16.8 Å². The normalized spacial score (nSPS) is 18.9. The summed E-state index contributed by atoms with van der Waals surface area (Å²) >= 11 is 1.06. The molecule has 1 N–H and O–H groups in total. The van der Waals surface area contributed by atoms with Crippen LogP contribution in [0.4, 0.5) is 19.0 Å². The number of thiophene rings is 1. The maximum Gasteiger partial charge on any atom is 0.393 e. The number of nitrogens with zero attached hydrogens (tertiary/aromatic N) is 5. The SMILES string of the molecule is Cc1ccc(CC2CN(Cc3ccc4c(c3C)C=C(C#N)C4)CC2Nc2ncnc3sc(CC(F)(F)F)cc23)cn1. The van der Waals surface area contributed by atoms with Crippen molar-refractivity contribution in [1.29, 1.82) is 5.26 Å². The molecule has 10 heteroatoms. The number of anilines is 1. The van der Waals surface area contributed by atoms with Crippen molar-refractivity contribution in [2.24, 2.45) is 5.92 Å². The van der Waals surface area contributed by atoms with Crippen molar-refractivity contribution in [1.82, 2.24) is 19.9 Å². The molecule has 1 aliphatic heterocycles. The Morgan fingerprint density at radius 2 is 1.98 bits per heavy atom. The Hall–Kier alpha value is -3.81. The van der Waals surface area contributed by atoms with Gasteiger partial charge in [-0.15, -0.1) is 11.3 Å². The lowest BCUT2D eigenvalue weighted by Crippen LogP contribution is -2.30. The largest absolute Gasteiger partial charge is 0.393 e. The van der Waals surface area contributed by atoms with E-state index in [1.54, 1.807) is 6.07 Å². The minimum absolute atomic E-state index is 0.0280. The van der Waals surface area contributed by atoms with Gasteiger partial charge >= 0.3 is 6.18 Å². The highest BCUT2D eigenvalue weighted by molar-refractivity contribution is 7.18. The summed E-state index contributed by atoms with van der Waals surface area (Å²) in [5.74, 6) is 0.805. The zero-order valence-corrected chi connectivity index (χ0v) is 23.6. The molecule has 4 aromatic rings. The van der Waals surface area contributed by atoms with Gasteiger partial charge in [0.1, 0.15) is 17.0 Å². The van der Waals surface area contributed by atoms with Gasteiger partial charge in [-0.2, -0.15) is 18.4 Å². The number of hydrogen-bond donors (Lipinski definition) is 1. The molecule has 0 bridgehead atoms. The van der Waals surface area contributed by atoms with Gasteiger partial charge in [-0.25, -0.2) is 9.97 Å². The number of benzene rings is 1. The van der Waals surface area contributed by atoms with E-state index >= 15 is 0 Å². The molecule has 4 heterocycles. The van der Waals surface area contributed by atoms with Crippen LogP contribution < -0.4 is 5.32 Å². The zero-order valence-electron chi connectivity index (χ0n) is 22.8. The van der Waals surface area contributed by atoms with Crippen molar-refractivity contribution in [3.63, 3.8) is 0 Å². The number of likely N-dealkylation sites (tertiary alicyclic amines) is 1. The molecule has 6 rings (SSSR count). The van der Waals surface area contributed by atoms with E-state index in [2.05, 4.69) is 56.4 Å². The number of rotatable bonds is 7. The number of aromatic nitrogens is 3. The Balaban J connectivity index is 1.26. The number of halogens is 3. The highest BCUT2D eigenvalue weighted by Gasteiger charge is 2.34. The molecule has 210 valence electrons. The van der Waals surface area contributed by atoms with Crippen LogP contribution in [-0.4, -0.2) is 45.2 Å². The van der Waals surface area contributed by atoms with Gasteiger partial charge in [-0.3, -0.25) is 9.88 Å². The Morgan fingerprint density at radius 1 is 1.12 bits per heavy atom. The fourth-order valence-electron chi connectivity index (χ4n) is 5.96. The second kappa shape index (κ2) is 10.9. The molecule has 1 aliphatic carbocycles. The number of pyridine rings is 1. The predicted octanol–water partition coefficient (Wildman–Crippen LogP) is 6.43. The third-order valence-electron chi connectivity index (χ3n) is 8.02. The molecule has 0 spiro atoms. The fourth-order valence-corrected chi connectivity index (χ4v) is 6.99. The van der Waals surface area contributed by atoms with Gasteiger partial charge in [-0.05, 0) is 72.2 Å². The van der Waals surface area contributed by atoms with Crippen LogP contribution >= 0.6 is 11.3 Å². The first-order valence-corrected chi connectivity index (χ1v) is 14.4. The second-order valence-electron chi connectivity index (χ2n) is 11.0. The maximum absolute atomic E-state index is 13.1. The van der Waals surface area contributed by atoms with E-state index in [4.69, 9.17) is 0 Å². The Morgan fingerprint density at radius 3 is 2.73 bits per heavy atom. The Bertz CT molecular complexity index is 1670. The van der Waals surface area contributed by atoms with Crippen LogP contribution in [-0.2, 0) is 25.8 Å². The highest BCUT2D eigenvalue weighted by atomic mass is 32.1. The second-order valence-corrected chi connectivity index (χ2v) is 12.2. The van der Waals surface area contributed by atoms with Crippen molar-refractivity contribution in [3.8, 4) is 6.07 Å². The first-order chi connectivity index (χ1) is 19.6. The maximum atomic E-state index is 13.1. The van der Waals surface area contributed by atoms with Gasteiger partial charge < -0.3 is 5.32 Å². The van der Waals surface area contributed by atoms with Gasteiger partial charge in [0.25, 0.3) is 0 Å². The summed E-state index contributed by atoms with van der Waals surface area (Å²) < 4.78 is 39.2. The van der Waals surface area contributed by atoms with E-state index in [1.165, 1.54) is 23.0 Å². The molecule has 0 saturated carbocycles. The molecule has 1 fully saturated rings. The van der Waals surface area contributed by atoms with Gasteiger partial charge in [0.2, 0.25) is 0 Å². The molecule has 2 unspecified atom stereocenters. The first kappa shape index (κ1) is 27.4. The third-order valence-corrected chi connectivity index (χ3v) is 9.06. The van der Waals surface area contributed by atoms with E-state index in [1.807, 2.05) is 25.3 Å². The quantitative estimate of drug-likeness (QED) is 0.274. The molecule has 0 radical (unpaired) electrons. The number of aryl methyl sites for hydroxylation is 1. The average molecular weight is 575 g/mol. The lowest BCUT2D eigenvalue weighted by atomic mass is 9.95. The van der Waals surface area contributed by atoms with Crippen molar-refractivity contribution in [3.05, 3.63) is 86.8 Å². The van der Waals surface area contributed by atoms with Crippen LogP contribution in [0.1, 0.15) is 38.4 Å². The molecule has 41 heavy (non-hydrogen) atoms. The number of fused-ring (bicyclic) bond motifs is 2. The predicted molar refractivity (Wildman–Crippen MR) is 155 cm³/mol. The van der Waals surface area contributed by atoms with Gasteiger partial charge in [0, 0.05) is 54.4 Å². The standard InChI is InChI=1S/C31H29F3N6S/c1-18-3-4-20(13-36-18)7-24-15-40(14-23-6-5-22-8-21(12-35)9-26(22)19(23)2)16-28(24)39-29-27-10-25(11-31(32,33)34)41-30(27)38-17-37-29/h3-6,9-10,13,17,24,28H,7-8,11,14-16H2,1-2H3,(H,37,38,39). The summed E-state index contributed by atoms with van der Waals surface area (Å²) in [7, 11) is 0. The number of hydrogen-bond acceptors (Lipinski definition) is 7. The average Bonchev–Trinajstić information content (AvgIpc) is 3.63. The van der Waals surface area contributed by atoms with Crippen LogP contribution in [0.5, 0.6) is 0 Å². The summed E-state index contributed by atoms with van der Waals surface area (Å²) in [6.45, 7) is 6.46. The van der Waals surface area contributed by atoms with Crippen molar-refractivity contribution < 1.29 is 13.2 Å². The summed E-state index contributed by atoms with van der Waals surface area (Å²) in [6, 6.07) is 12.3. The molecule has 2 aliphatic rings. The number of nitriles is 1. The Labute approximate surface area is 240 Å². The molecule has 1 aromatic carbocycles. The van der Waals surface area contributed by atoms with Crippen molar-refractivity contribution >= 4 is 33.4 Å². The topological polar surface area (TPSA) is 77.7 Å². The van der Waals surface area contributed by atoms with Crippen LogP contribution in [0.15, 0.2) is 48.4 Å². The minimum Gasteiger partial charge on any atom is -0.365 e. The van der Waals surface area contributed by atoms with Crippen LogP contribution in [0.25, 0.3) is 16.3 Å². The van der Waals surface area contributed by atoms with Crippen LogP contribution in [0.2, 0.25) is 0 Å². The smallest absolute Gasteiger partial charge is 0.365 e. The number of nitrogens with one attached hydrogen (secondary N) is 1. The van der Waals surface area contributed by atoms with Crippen LogP contribution in [0.3, 0.4) is 0 Å². The molecule has 0 amide bonds. The summed E-state index contributed by atoms with van der Waals surface area (Å²) in [4.78, 5) is 16.4. The summed E-state index contributed by atoms with van der Waals surface area (Å²) in [5, 5.41) is 13.6.